The van der Waals surface area contributed by atoms with Gasteiger partial charge in [0.25, 0.3) is 5.91 Å². The Balaban J connectivity index is 1.80. The van der Waals surface area contributed by atoms with E-state index in [2.05, 4.69) is 30.6 Å². The minimum absolute atomic E-state index is 0.317. The van der Waals surface area contributed by atoms with Gasteiger partial charge >= 0.3 is 0 Å². The first kappa shape index (κ1) is 20.9. The summed E-state index contributed by atoms with van der Waals surface area (Å²) in [6.07, 6.45) is -0.472. The van der Waals surface area contributed by atoms with Crippen LogP contribution in [0.25, 0.3) is 22.6 Å². The van der Waals surface area contributed by atoms with Crippen LogP contribution in [0.4, 0.5) is 5.82 Å². The largest absolute Gasteiger partial charge is 0.496 e. The molecule has 31 heavy (non-hydrogen) atoms. The van der Waals surface area contributed by atoms with Gasteiger partial charge in [-0.15, -0.1) is 0 Å². The molecule has 1 saturated heterocycles. The number of aliphatic hydroxyl groups is 2. The third-order valence-corrected chi connectivity index (χ3v) is 5.02. The molecule has 0 saturated carbocycles. The van der Waals surface area contributed by atoms with Gasteiger partial charge in [-0.2, -0.15) is 0 Å². The van der Waals surface area contributed by atoms with Crippen molar-refractivity contribution in [1.82, 2.24) is 29.8 Å². The number of nitrogens with zero attached hydrogens (tertiary/aromatic N) is 5. The van der Waals surface area contributed by atoms with Crippen molar-refractivity contribution in [1.29, 1.82) is 0 Å². The fourth-order valence-corrected chi connectivity index (χ4v) is 3.51. The van der Waals surface area contributed by atoms with Gasteiger partial charge in [-0.25, -0.2) is 15.0 Å². The van der Waals surface area contributed by atoms with Crippen LogP contribution in [-0.2, 0) is 9.53 Å². The van der Waals surface area contributed by atoms with E-state index in [9.17, 15) is 15.0 Å². The number of hydrogen-bond donors (Lipinski definition) is 4. The van der Waals surface area contributed by atoms with Crippen molar-refractivity contribution < 1.29 is 24.5 Å². The second kappa shape index (κ2) is 8.41. The zero-order valence-corrected chi connectivity index (χ0v) is 17.2. The SMILES string of the molecule is CCNC(=O)[C@@H]1OC(n2cnc3c(NC)nc(-c4cnccc4OC)nc32)C(O)C1O. The van der Waals surface area contributed by atoms with Gasteiger partial charge in [0.15, 0.2) is 35.1 Å². The fourth-order valence-electron chi connectivity index (χ4n) is 3.51. The van der Waals surface area contributed by atoms with Crippen LogP contribution in [0.15, 0.2) is 24.8 Å². The van der Waals surface area contributed by atoms with Gasteiger partial charge in [0.1, 0.15) is 18.0 Å². The molecule has 4 heterocycles. The highest BCUT2D eigenvalue weighted by Gasteiger charge is 2.47. The third kappa shape index (κ3) is 3.54. The summed E-state index contributed by atoms with van der Waals surface area (Å²) >= 11 is 0. The first-order chi connectivity index (χ1) is 15.0. The van der Waals surface area contributed by atoms with Crippen LogP contribution >= 0.6 is 0 Å². The predicted octanol–water partition coefficient (Wildman–Crippen LogP) is -0.306. The lowest BCUT2D eigenvalue weighted by molar-refractivity contribution is -0.137. The quantitative estimate of drug-likeness (QED) is 0.410. The van der Waals surface area contributed by atoms with Crippen LogP contribution in [0.3, 0.4) is 0 Å². The Hall–Kier alpha value is -3.35. The van der Waals surface area contributed by atoms with Crippen molar-refractivity contribution >= 4 is 22.9 Å². The molecule has 3 unspecified atom stereocenters. The Kier molecular flexibility index (Phi) is 5.67. The Morgan fingerprint density at radius 3 is 2.84 bits per heavy atom. The molecular weight excluding hydrogens is 406 g/mol. The number of methoxy groups -OCH3 is 1. The number of anilines is 1. The number of carbonyl (C=O) groups is 1. The van der Waals surface area contributed by atoms with Gasteiger partial charge in [0, 0.05) is 26.0 Å². The summed E-state index contributed by atoms with van der Waals surface area (Å²) in [6, 6.07) is 1.69. The molecule has 164 valence electrons. The summed E-state index contributed by atoms with van der Waals surface area (Å²) in [5.41, 5.74) is 1.33. The van der Waals surface area contributed by atoms with Crippen LogP contribution in [0, 0.1) is 0 Å². The molecule has 1 amide bonds. The molecule has 0 spiro atoms. The summed E-state index contributed by atoms with van der Waals surface area (Å²) < 4.78 is 12.6. The number of fused-ring (bicyclic) bond motifs is 1. The summed E-state index contributed by atoms with van der Waals surface area (Å²) in [5.74, 6) is 0.786. The van der Waals surface area contributed by atoms with Gasteiger partial charge in [-0.05, 0) is 13.0 Å². The molecule has 12 heteroatoms. The van der Waals surface area contributed by atoms with E-state index >= 15 is 0 Å². The van der Waals surface area contributed by atoms with Gasteiger partial charge in [-0.1, -0.05) is 0 Å². The minimum Gasteiger partial charge on any atom is -0.496 e. The van der Waals surface area contributed by atoms with Crippen LogP contribution in [0.2, 0.25) is 0 Å². The topological polar surface area (TPSA) is 157 Å². The number of hydrogen-bond acceptors (Lipinski definition) is 10. The number of nitrogens with one attached hydrogen (secondary N) is 2. The summed E-state index contributed by atoms with van der Waals surface area (Å²) in [4.78, 5) is 29.7. The molecule has 1 aliphatic heterocycles. The minimum atomic E-state index is -1.41. The molecule has 0 radical (unpaired) electrons. The van der Waals surface area contributed by atoms with E-state index in [1.54, 1.807) is 32.4 Å². The summed E-state index contributed by atoms with van der Waals surface area (Å²) in [7, 11) is 3.23. The lowest BCUT2D eigenvalue weighted by Crippen LogP contribution is -2.42. The van der Waals surface area contributed by atoms with E-state index in [0.29, 0.717) is 40.7 Å². The molecule has 3 aromatic heterocycles. The van der Waals surface area contributed by atoms with Crippen molar-refractivity contribution in [2.75, 3.05) is 26.0 Å². The van der Waals surface area contributed by atoms with Gasteiger partial charge in [0.2, 0.25) is 0 Å². The standard InChI is InChI=1S/C19H23N7O5/c1-4-22-18(29)14-12(27)13(28)19(31-14)26-8-23-11-16(20-2)24-15(25-17(11)26)9-7-21-6-5-10(9)30-3/h5-8,12-14,19,27-28H,4H2,1-3H3,(H,22,29)(H,20,24,25)/t12?,13?,14-,19?/m1/s1. The number of aromatic nitrogens is 5. The molecule has 4 atom stereocenters. The van der Waals surface area contributed by atoms with E-state index in [-0.39, 0.29) is 0 Å². The van der Waals surface area contributed by atoms with Crippen molar-refractivity contribution in [2.45, 2.75) is 31.5 Å². The smallest absolute Gasteiger partial charge is 0.252 e. The van der Waals surface area contributed by atoms with Crippen molar-refractivity contribution in [2.24, 2.45) is 0 Å². The number of aliphatic hydroxyl groups excluding tert-OH is 2. The van der Waals surface area contributed by atoms with Gasteiger partial charge in [-0.3, -0.25) is 14.3 Å². The molecule has 1 aliphatic rings. The zero-order valence-electron chi connectivity index (χ0n) is 17.2. The van der Waals surface area contributed by atoms with E-state index in [1.165, 1.54) is 18.0 Å². The van der Waals surface area contributed by atoms with Crippen molar-refractivity contribution in [3.63, 3.8) is 0 Å². The number of ether oxygens (including phenoxy) is 2. The molecule has 0 aliphatic carbocycles. The number of pyridine rings is 1. The highest BCUT2D eigenvalue weighted by atomic mass is 16.6. The lowest BCUT2D eigenvalue weighted by atomic mass is 10.1. The highest BCUT2D eigenvalue weighted by molar-refractivity contribution is 5.86. The van der Waals surface area contributed by atoms with Crippen LogP contribution in [-0.4, -0.2) is 79.6 Å². The van der Waals surface area contributed by atoms with Crippen LogP contribution < -0.4 is 15.4 Å². The van der Waals surface area contributed by atoms with E-state index in [0.717, 1.165) is 0 Å². The number of imidazole rings is 1. The van der Waals surface area contributed by atoms with E-state index < -0.39 is 30.4 Å². The number of likely N-dealkylation sites (N-methyl/N-ethyl adjacent to an activating group) is 1. The Morgan fingerprint density at radius 1 is 1.32 bits per heavy atom. The maximum Gasteiger partial charge on any atom is 0.252 e. The Bertz CT molecular complexity index is 1100. The average Bonchev–Trinajstić information content (AvgIpc) is 3.34. The second-order valence-corrected chi connectivity index (χ2v) is 6.87. The van der Waals surface area contributed by atoms with Crippen LogP contribution in [0.1, 0.15) is 13.2 Å². The fraction of sp³-hybridized carbons (Fsp3) is 0.421. The van der Waals surface area contributed by atoms with Crippen LogP contribution in [0.5, 0.6) is 5.75 Å². The number of amides is 1. The van der Waals surface area contributed by atoms with E-state index in [1.807, 2.05) is 0 Å². The molecular formula is C19H23N7O5. The molecule has 4 N–H and O–H groups in total. The average molecular weight is 429 g/mol. The molecule has 0 aromatic carbocycles. The maximum absolute atomic E-state index is 12.2. The first-order valence-corrected chi connectivity index (χ1v) is 9.70. The maximum atomic E-state index is 12.2. The number of carbonyl (C=O) groups excluding carboxylic acids is 1. The zero-order chi connectivity index (χ0) is 22.1. The molecule has 0 bridgehead atoms. The highest BCUT2D eigenvalue weighted by Crippen LogP contribution is 2.34. The third-order valence-electron chi connectivity index (χ3n) is 5.02. The lowest BCUT2D eigenvalue weighted by Gasteiger charge is -2.17. The van der Waals surface area contributed by atoms with E-state index in [4.69, 9.17) is 9.47 Å². The Morgan fingerprint density at radius 2 is 2.13 bits per heavy atom. The monoisotopic (exact) mass is 429 g/mol. The van der Waals surface area contributed by atoms with Gasteiger partial charge in [0.05, 0.1) is 19.0 Å². The second-order valence-electron chi connectivity index (χ2n) is 6.87. The Labute approximate surface area is 177 Å². The van der Waals surface area contributed by atoms with Gasteiger partial charge < -0.3 is 30.3 Å². The number of rotatable bonds is 6. The molecule has 1 fully saturated rings. The molecule has 3 aromatic rings. The molecule has 4 rings (SSSR count). The first-order valence-electron chi connectivity index (χ1n) is 9.70. The van der Waals surface area contributed by atoms with Crippen molar-refractivity contribution in [3.05, 3.63) is 24.8 Å². The summed E-state index contributed by atoms with van der Waals surface area (Å²) in [6.45, 7) is 2.12. The molecule has 12 nitrogen and oxygen atoms in total. The normalized spacial score (nSPS) is 23.1. The predicted molar refractivity (Wildman–Crippen MR) is 109 cm³/mol. The van der Waals surface area contributed by atoms with Crippen molar-refractivity contribution in [3.8, 4) is 17.1 Å². The summed E-state index contributed by atoms with van der Waals surface area (Å²) in [5, 5.41) is 26.5.